The maximum atomic E-state index is 11.7. The van der Waals surface area contributed by atoms with Gasteiger partial charge in [-0.05, 0) is 37.5 Å². The second kappa shape index (κ2) is 8.61. The van der Waals surface area contributed by atoms with E-state index >= 15 is 0 Å². The van der Waals surface area contributed by atoms with Crippen LogP contribution in [-0.2, 0) is 9.53 Å². The lowest BCUT2D eigenvalue weighted by Crippen LogP contribution is -2.45. The molecule has 0 aromatic carbocycles. The first-order valence-corrected chi connectivity index (χ1v) is 7.31. The van der Waals surface area contributed by atoms with Gasteiger partial charge in [0.1, 0.15) is 6.04 Å². The Labute approximate surface area is 120 Å². The van der Waals surface area contributed by atoms with Crippen molar-refractivity contribution in [3.05, 3.63) is 12.7 Å². The summed E-state index contributed by atoms with van der Waals surface area (Å²) in [4.78, 5) is 22.9. The third-order valence-electron chi connectivity index (χ3n) is 3.77. The minimum atomic E-state index is -0.978. The van der Waals surface area contributed by atoms with Crippen molar-refractivity contribution in [3.63, 3.8) is 0 Å². The van der Waals surface area contributed by atoms with Gasteiger partial charge in [-0.2, -0.15) is 0 Å². The van der Waals surface area contributed by atoms with E-state index < -0.39 is 18.1 Å². The molecule has 1 aliphatic carbocycles. The molecule has 114 valence electrons. The normalized spacial score (nSPS) is 18.2. The summed E-state index contributed by atoms with van der Waals surface area (Å²) in [6, 6.07) is -0.825. The Morgan fingerprint density at radius 3 is 2.65 bits per heavy atom. The van der Waals surface area contributed by atoms with Gasteiger partial charge >= 0.3 is 12.1 Å². The first kappa shape index (κ1) is 16.5. The van der Waals surface area contributed by atoms with E-state index in [4.69, 9.17) is 4.74 Å². The van der Waals surface area contributed by atoms with Gasteiger partial charge in [0.2, 0.25) is 0 Å². The number of nitrogens with one attached hydrogen (secondary N) is 1. The molecule has 1 aliphatic rings. The molecule has 0 bridgehead atoms. The SMILES string of the molecule is C=CCC[C@H](C)COC(=O)NC(C(=O)O)C1CCCC1. The third kappa shape index (κ3) is 5.63. The molecule has 0 aliphatic heterocycles. The summed E-state index contributed by atoms with van der Waals surface area (Å²) in [5, 5.41) is 11.7. The van der Waals surface area contributed by atoms with Gasteiger partial charge in [0, 0.05) is 0 Å². The minimum absolute atomic E-state index is 0.0261. The second-order valence-electron chi connectivity index (χ2n) is 5.57. The smallest absolute Gasteiger partial charge is 0.407 e. The number of carbonyl (C=O) groups is 2. The molecule has 0 saturated heterocycles. The minimum Gasteiger partial charge on any atom is -0.480 e. The first-order chi connectivity index (χ1) is 9.54. The van der Waals surface area contributed by atoms with Crippen molar-refractivity contribution in [2.24, 2.45) is 11.8 Å². The van der Waals surface area contributed by atoms with Gasteiger partial charge in [-0.15, -0.1) is 6.58 Å². The highest BCUT2D eigenvalue weighted by atomic mass is 16.5. The van der Waals surface area contributed by atoms with Gasteiger partial charge in [-0.1, -0.05) is 25.8 Å². The Hall–Kier alpha value is -1.52. The van der Waals surface area contributed by atoms with Crippen LogP contribution in [0.15, 0.2) is 12.7 Å². The number of aliphatic carboxylic acids is 1. The molecular weight excluding hydrogens is 258 g/mol. The molecule has 20 heavy (non-hydrogen) atoms. The van der Waals surface area contributed by atoms with Crippen molar-refractivity contribution in [3.8, 4) is 0 Å². The lowest BCUT2D eigenvalue weighted by molar-refractivity contribution is -0.140. The predicted molar refractivity (Wildman–Crippen MR) is 76.5 cm³/mol. The number of carbonyl (C=O) groups excluding carboxylic acids is 1. The van der Waals surface area contributed by atoms with Crippen molar-refractivity contribution in [1.82, 2.24) is 5.32 Å². The van der Waals surface area contributed by atoms with Crippen LogP contribution in [0.2, 0.25) is 0 Å². The van der Waals surface area contributed by atoms with Gasteiger partial charge in [0.15, 0.2) is 0 Å². The van der Waals surface area contributed by atoms with Crippen molar-refractivity contribution in [1.29, 1.82) is 0 Å². The summed E-state index contributed by atoms with van der Waals surface area (Å²) < 4.78 is 5.09. The van der Waals surface area contributed by atoms with E-state index in [1.165, 1.54) is 0 Å². The van der Waals surface area contributed by atoms with E-state index in [0.717, 1.165) is 38.5 Å². The summed E-state index contributed by atoms with van der Waals surface area (Å²) in [6.45, 7) is 5.94. The van der Waals surface area contributed by atoms with E-state index in [-0.39, 0.29) is 11.8 Å². The molecule has 1 saturated carbocycles. The molecule has 5 heteroatoms. The molecule has 0 heterocycles. The van der Waals surface area contributed by atoms with Crippen molar-refractivity contribution in [2.75, 3.05) is 6.61 Å². The van der Waals surface area contributed by atoms with E-state index in [1.807, 2.05) is 13.0 Å². The van der Waals surface area contributed by atoms with Crippen LogP contribution in [-0.4, -0.2) is 29.8 Å². The summed E-state index contributed by atoms with van der Waals surface area (Å²) >= 11 is 0. The number of carboxylic acid groups (broad SMARTS) is 1. The third-order valence-corrected chi connectivity index (χ3v) is 3.77. The maximum Gasteiger partial charge on any atom is 0.407 e. The van der Waals surface area contributed by atoms with Crippen LogP contribution in [0.4, 0.5) is 4.79 Å². The van der Waals surface area contributed by atoms with Crippen LogP contribution in [0.25, 0.3) is 0 Å². The van der Waals surface area contributed by atoms with Crippen LogP contribution in [0.5, 0.6) is 0 Å². The van der Waals surface area contributed by atoms with Gasteiger partial charge in [-0.25, -0.2) is 9.59 Å². The molecule has 1 unspecified atom stereocenters. The fourth-order valence-corrected chi connectivity index (χ4v) is 2.54. The number of rotatable bonds is 8. The Balaban J connectivity index is 2.34. The Kier molecular flexibility index (Phi) is 7.12. The number of alkyl carbamates (subject to hydrolysis) is 1. The molecule has 5 nitrogen and oxygen atoms in total. The average molecular weight is 283 g/mol. The monoisotopic (exact) mass is 283 g/mol. The van der Waals surface area contributed by atoms with Gasteiger partial charge in [-0.3, -0.25) is 0 Å². The Bertz CT molecular complexity index is 337. The predicted octanol–water partition coefficient (Wildman–Crippen LogP) is 2.96. The topological polar surface area (TPSA) is 75.6 Å². The molecule has 0 aromatic rings. The van der Waals surface area contributed by atoms with Crippen molar-refractivity contribution >= 4 is 12.1 Å². The van der Waals surface area contributed by atoms with Gasteiger partial charge in [0.05, 0.1) is 6.61 Å². The summed E-state index contributed by atoms with van der Waals surface area (Å²) in [6.07, 6.45) is 6.76. The Morgan fingerprint density at radius 1 is 1.45 bits per heavy atom. The standard InChI is InChI=1S/C15H25NO4/c1-3-4-7-11(2)10-20-15(19)16-13(14(17)18)12-8-5-6-9-12/h3,11-13H,1,4-10H2,2H3,(H,16,19)(H,17,18)/t11-,13?/m0/s1. The lowest BCUT2D eigenvalue weighted by Gasteiger charge is -2.20. The zero-order chi connectivity index (χ0) is 15.0. The zero-order valence-corrected chi connectivity index (χ0v) is 12.1. The largest absolute Gasteiger partial charge is 0.480 e. The van der Waals surface area contributed by atoms with E-state index in [9.17, 15) is 14.7 Å². The average Bonchev–Trinajstić information content (AvgIpc) is 2.93. The van der Waals surface area contributed by atoms with Gasteiger partial charge in [0.25, 0.3) is 0 Å². The van der Waals surface area contributed by atoms with Crippen molar-refractivity contribution < 1.29 is 19.4 Å². The molecule has 0 radical (unpaired) electrons. The molecule has 0 aromatic heterocycles. The molecule has 0 spiro atoms. The zero-order valence-electron chi connectivity index (χ0n) is 12.1. The lowest BCUT2D eigenvalue weighted by atomic mass is 9.98. The number of amides is 1. The summed E-state index contributed by atoms with van der Waals surface area (Å²) in [5.41, 5.74) is 0. The van der Waals surface area contributed by atoms with Crippen LogP contribution < -0.4 is 5.32 Å². The van der Waals surface area contributed by atoms with Crippen LogP contribution in [0.1, 0.15) is 45.4 Å². The molecule has 2 N–H and O–H groups in total. The number of ether oxygens (including phenoxy) is 1. The van der Waals surface area contributed by atoms with E-state index in [2.05, 4.69) is 11.9 Å². The fourth-order valence-electron chi connectivity index (χ4n) is 2.54. The van der Waals surface area contributed by atoms with E-state index in [1.54, 1.807) is 0 Å². The summed E-state index contributed by atoms with van der Waals surface area (Å²) in [7, 11) is 0. The molecular formula is C15H25NO4. The van der Waals surface area contributed by atoms with Crippen LogP contribution >= 0.6 is 0 Å². The molecule has 1 fully saturated rings. The van der Waals surface area contributed by atoms with Gasteiger partial charge < -0.3 is 15.2 Å². The van der Waals surface area contributed by atoms with E-state index in [0.29, 0.717) is 6.61 Å². The van der Waals surface area contributed by atoms with Crippen molar-refractivity contribution in [2.45, 2.75) is 51.5 Å². The second-order valence-corrected chi connectivity index (χ2v) is 5.57. The molecule has 2 atom stereocenters. The highest BCUT2D eigenvalue weighted by molar-refractivity contribution is 5.80. The van der Waals surface area contributed by atoms with Crippen LogP contribution in [0.3, 0.4) is 0 Å². The summed E-state index contributed by atoms with van der Waals surface area (Å²) in [5.74, 6) is -0.708. The number of hydrogen-bond acceptors (Lipinski definition) is 3. The quantitative estimate of drug-likeness (QED) is 0.671. The number of hydrogen-bond donors (Lipinski definition) is 2. The molecule has 1 rings (SSSR count). The first-order valence-electron chi connectivity index (χ1n) is 7.31. The number of allylic oxidation sites excluding steroid dienone is 1. The Morgan fingerprint density at radius 2 is 2.10 bits per heavy atom. The molecule has 1 amide bonds. The maximum absolute atomic E-state index is 11.7. The number of carboxylic acids is 1. The fraction of sp³-hybridized carbons (Fsp3) is 0.733. The highest BCUT2D eigenvalue weighted by Crippen LogP contribution is 2.27. The highest BCUT2D eigenvalue weighted by Gasteiger charge is 2.32. The van der Waals surface area contributed by atoms with Crippen LogP contribution in [0, 0.1) is 11.8 Å².